The van der Waals surface area contributed by atoms with Crippen LogP contribution in [0.3, 0.4) is 0 Å². The summed E-state index contributed by atoms with van der Waals surface area (Å²) < 4.78 is 30.6. The van der Waals surface area contributed by atoms with E-state index >= 15 is 0 Å². The highest BCUT2D eigenvalue weighted by Crippen LogP contribution is 2.16. The predicted octanol–water partition coefficient (Wildman–Crippen LogP) is 1.49. The number of esters is 1. The number of carbonyl (C=O) groups is 2. The summed E-state index contributed by atoms with van der Waals surface area (Å²) in [5, 5.41) is 3.35. The average Bonchev–Trinajstić information content (AvgIpc) is 2.35. The highest BCUT2D eigenvalue weighted by atomic mass is 19.2. The van der Waals surface area contributed by atoms with Crippen LogP contribution in [0.25, 0.3) is 0 Å². The van der Waals surface area contributed by atoms with Crippen LogP contribution in [0.2, 0.25) is 0 Å². The third-order valence-corrected chi connectivity index (χ3v) is 1.84. The number of anilines is 1. The zero-order valence-electron chi connectivity index (χ0n) is 9.44. The molecular weight excluding hydrogens is 246 g/mol. The first-order valence-electron chi connectivity index (χ1n) is 5.00. The largest absolute Gasteiger partial charge is 0.461 e. The molecule has 0 amide bonds. The molecule has 96 valence electrons. The third kappa shape index (κ3) is 3.34. The molecule has 1 aromatic rings. The first-order valence-corrected chi connectivity index (χ1v) is 5.00. The molecule has 1 aromatic carbocycles. The maximum Gasteiger partial charge on any atom is 0.362 e. The molecular formula is C11H10F2N2O3. The van der Waals surface area contributed by atoms with Crippen LogP contribution in [0.5, 0.6) is 0 Å². The molecule has 1 rings (SSSR count). The Morgan fingerprint density at radius 3 is 2.83 bits per heavy atom. The fourth-order valence-electron chi connectivity index (χ4n) is 1.04. The second-order valence-corrected chi connectivity index (χ2v) is 3.05. The lowest BCUT2D eigenvalue weighted by atomic mass is 10.3. The molecule has 0 heterocycles. The van der Waals surface area contributed by atoms with Crippen molar-refractivity contribution in [3.05, 3.63) is 29.8 Å². The quantitative estimate of drug-likeness (QED) is 0.285. The summed E-state index contributed by atoms with van der Waals surface area (Å²) in [7, 11) is 0. The van der Waals surface area contributed by atoms with E-state index in [1.54, 1.807) is 6.92 Å². The molecule has 1 N–H and O–H groups in total. The van der Waals surface area contributed by atoms with Gasteiger partial charge in [0.25, 0.3) is 0 Å². The predicted molar refractivity (Wildman–Crippen MR) is 60.1 cm³/mol. The van der Waals surface area contributed by atoms with Crippen LogP contribution in [0.1, 0.15) is 6.92 Å². The molecule has 7 heteroatoms. The number of hydrogen-bond donors (Lipinski definition) is 1. The Labute approximate surface area is 101 Å². The SMILES string of the molecule is CCOC(=O)/C(C=O)=N/Nc1cccc(F)c1F. The van der Waals surface area contributed by atoms with E-state index in [4.69, 9.17) is 0 Å². The Morgan fingerprint density at radius 1 is 1.50 bits per heavy atom. The summed E-state index contributed by atoms with van der Waals surface area (Å²) in [6, 6.07) is 3.38. The van der Waals surface area contributed by atoms with Crippen molar-refractivity contribution < 1.29 is 23.1 Å². The van der Waals surface area contributed by atoms with Gasteiger partial charge in [0.1, 0.15) is 0 Å². The number of hydrogen-bond acceptors (Lipinski definition) is 5. The summed E-state index contributed by atoms with van der Waals surface area (Å²) in [5.41, 5.74) is 1.22. The van der Waals surface area contributed by atoms with Crippen molar-refractivity contribution in [3.63, 3.8) is 0 Å². The zero-order chi connectivity index (χ0) is 13.5. The van der Waals surface area contributed by atoms with Gasteiger partial charge in [-0.05, 0) is 19.1 Å². The molecule has 0 aromatic heterocycles. The molecule has 0 aliphatic heterocycles. The Morgan fingerprint density at radius 2 is 2.22 bits per heavy atom. The number of carbonyl (C=O) groups excluding carboxylic acids is 2. The summed E-state index contributed by atoms with van der Waals surface area (Å²) in [6.07, 6.45) is 0.155. The minimum absolute atomic E-state index is 0.0695. The van der Waals surface area contributed by atoms with Crippen LogP contribution in [0.15, 0.2) is 23.3 Å². The number of nitrogens with one attached hydrogen (secondary N) is 1. The maximum atomic E-state index is 13.2. The van der Waals surface area contributed by atoms with Crippen molar-refractivity contribution in [1.29, 1.82) is 0 Å². The molecule has 0 aliphatic carbocycles. The summed E-state index contributed by atoms with van der Waals surface area (Å²) in [6.45, 7) is 1.63. The van der Waals surface area contributed by atoms with Crippen molar-refractivity contribution in [2.75, 3.05) is 12.0 Å². The van der Waals surface area contributed by atoms with Crippen molar-refractivity contribution in [2.24, 2.45) is 5.10 Å². The standard InChI is InChI=1S/C11H10F2N2O3/c1-2-18-11(17)9(6-16)15-14-8-5-3-4-7(12)10(8)13/h3-6,14H,2H2,1H3/b15-9+. The van der Waals surface area contributed by atoms with Crippen LogP contribution < -0.4 is 5.43 Å². The first-order chi connectivity index (χ1) is 8.60. The summed E-state index contributed by atoms with van der Waals surface area (Å²) in [5.74, 6) is -3.17. The normalized spacial score (nSPS) is 10.9. The molecule has 5 nitrogen and oxygen atoms in total. The molecule has 18 heavy (non-hydrogen) atoms. The van der Waals surface area contributed by atoms with Crippen molar-refractivity contribution in [2.45, 2.75) is 6.92 Å². The van der Waals surface area contributed by atoms with Crippen LogP contribution in [0, 0.1) is 11.6 Å². The van der Waals surface area contributed by atoms with Gasteiger partial charge in [-0.25, -0.2) is 13.6 Å². The number of aldehydes is 1. The summed E-state index contributed by atoms with van der Waals surface area (Å²) in [4.78, 5) is 21.7. The maximum absolute atomic E-state index is 13.2. The highest BCUT2D eigenvalue weighted by molar-refractivity contribution is 6.58. The minimum Gasteiger partial charge on any atom is -0.461 e. The Kier molecular flexibility index (Phi) is 4.91. The van der Waals surface area contributed by atoms with Gasteiger partial charge in [0.05, 0.1) is 12.3 Å². The average molecular weight is 256 g/mol. The Balaban J connectivity index is 2.86. The van der Waals surface area contributed by atoms with Gasteiger partial charge >= 0.3 is 5.97 Å². The second-order valence-electron chi connectivity index (χ2n) is 3.05. The highest BCUT2D eigenvalue weighted by Gasteiger charge is 2.12. The lowest BCUT2D eigenvalue weighted by Crippen LogP contribution is -2.20. The van der Waals surface area contributed by atoms with E-state index in [0.29, 0.717) is 0 Å². The van der Waals surface area contributed by atoms with Crippen molar-refractivity contribution in [1.82, 2.24) is 0 Å². The van der Waals surface area contributed by atoms with Crippen LogP contribution in [-0.4, -0.2) is 24.6 Å². The Hall–Kier alpha value is -2.31. The minimum atomic E-state index is -1.16. The number of nitrogens with zero attached hydrogens (tertiary/aromatic N) is 1. The summed E-state index contributed by atoms with van der Waals surface area (Å²) >= 11 is 0. The number of halogens is 2. The van der Waals surface area contributed by atoms with Gasteiger partial charge in [-0.2, -0.15) is 5.10 Å². The fraction of sp³-hybridized carbons (Fsp3) is 0.182. The van der Waals surface area contributed by atoms with E-state index in [1.165, 1.54) is 12.1 Å². The van der Waals surface area contributed by atoms with E-state index in [2.05, 4.69) is 15.3 Å². The Bertz CT molecular complexity index is 489. The van der Waals surface area contributed by atoms with E-state index < -0.39 is 23.3 Å². The van der Waals surface area contributed by atoms with Crippen molar-refractivity contribution >= 4 is 23.7 Å². The molecule has 0 atom stereocenters. The molecule has 0 saturated heterocycles. The second kappa shape index (κ2) is 6.43. The molecule has 0 saturated carbocycles. The molecule has 0 bridgehead atoms. The molecule has 0 unspecified atom stereocenters. The number of hydrazone groups is 1. The van der Waals surface area contributed by atoms with Gasteiger partial charge < -0.3 is 4.74 Å². The van der Waals surface area contributed by atoms with Gasteiger partial charge in [-0.3, -0.25) is 10.2 Å². The lowest BCUT2D eigenvalue weighted by molar-refractivity contribution is -0.135. The molecule has 0 aliphatic rings. The van der Waals surface area contributed by atoms with E-state index in [1.807, 2.05) is 0 Å². The number of benzene rings is 1. The number of ether oxygens (including phenoxy) is 1. The molecule has 0 spiro atoms. The van der Waals surface area contributed by atoms with Gasteiger partial charge in [-0.1, -0.05) is 6.07 Å². The first kappa shape index (κ1) is 13.8. The van der Waals surface area contributed by atoms with E-state index in [9.17, 15) is 18.4 Å². The van der Waals surface area contributed by atoms with E-state index in [0.717, 1.165) is 6.07 Å². The van der Waals surface area contributed by atoms with Crippen LogP contribution in [-0.2, 0) is 14.3 Å². The van der Waals surface area contributed by atoms with Gasteiger partial charge in [-0.15, -0.1) is 0 Å². The topological polar surface area (TPSA) is 67.8 Å². The van der Waals surface area contributed by atoms with Gasteiger partial charge in [0.2, 0.25) is 5.71 Å². The third-order valence-electron chi connectivity index (χ3n) is 1.84. The lowest BCUT2D eigenvalue weighted by Gasteiger charge is -2.04. The fourth-order valence-corrected chi connectivity index (χ4v) is 1.04. The molecule has 0 radical (unpaired) electrons. The van der Waals surface area contributed by atoms with Crippen molar-refractivity contribution in [3.8, 4) is 0 Å². The van der Waals surface area contributed by atoms with Crippen LogP contribution in [0.4, 0.5) is 14.5 Å². The van der Waals surface area contributed by atoms with Gasteiger partial charge in [0.15, 0.2) is 17.9 Å². The monoisotopic (exact) mass is 256 g/mol. The molecule has 0 fully saturated rings. The zero-order valence-corrected chi connectivity index (χ0v) is 9.44. The van der Waals surface area contributed by atoms with E-state index in [-0.39, 0.29) is 18.6 Å². The smallest absolute Gasteiger partial charge is 0.362 e. The number of rotatable bonds is 5. The van der Waals surface area contributed by atoms with Crippen LogP contribution >= 0.6 is 0 Å². The van der Waals surface area contributed by atoms with Gasteiger partial charge in [0, 0.05) is 0 Å².